The van der Waals surface area contributed by atoms with Gasteiger partial charge in [-0.3, -0.25) is 19.3 Å². The van der Waals surface area contributed by atoms with Crippen LogP contribution in [0.2, 0.25) is 5.02 Å². The number of fused-ring (bicyclic) bond motifs is 1. The number of nitrogens with one attached hydrogen (secondary N) is 1. The maximum atomic E-state index is 12.8. The van der Waals surface area contributed by atoms with Crippen LogP contribution in [-0.2, 0) is 25.7 Å². The molecule has 3 heterocycles. The topological polar surface area (TPSA) is 135 Å². The Morgan fingerprint density at radius 1 is 1.26 bits per heavy atom. The Morgan fingerprint density at radius 2 is 2.00 bits per heavy atom. The van der Waals surface area contributed by atoms with Crippen molar-refractivity contribution in [1.29, 1.82) is 0 Å². The number of carboxylic acid groups (broad SMARTS) is 1. The summed E-state index contributed by atoms with van der Waals surface area (Å²) in [6, 6.07) is 5.92. The van der Waals surface area contributed by atoms with Crippen molar-refractivity contribution in [3.63, 3.8) is 0 Å². The van der Waals surface area contributed by atoms with Gasteiger partial charge in [-0.2, -0.15) is 0 Å². The van der Waals surface area contributed by atoms with Gasteiger partial charge in [-0.15, -0.1) is 11.8 Å². The third kappa shape index (κ3) is 5.53. The average molecular weight is 563 g/mol. The number of carbonyl (C=O) groups is 4. The third-order valence-corrected chi connectivity index (χ3v) is 7.90. The van der Waals surface area contributed by atoms with Crippen LogP contribution in [-0.4, -0.2) is 57.5 Å². The minimum absolute atomic E-state index is 0.00317. The molecule has 0 radical (unpaired) electrons. The van der Waals surface area contributed by atoms with Gasteiger partial charge in [0.2, 0.25) is 0 Å². The van der Waals surface area contributed by atoms with E-state index in [0.29, 0.717) is 22.1 Å². The number of ether oxygens (including phenoxy) is 2. The molecule has 2 aliphatic rings. The summed E-state index contributed by atoms with van der Waals surface area (Å²) < 4.78 is 16.5. The van der Waals surface area contributed by atoms with Gasteiger partial charge in [0.25, 0.3) is 11.8 Å². The highest BCUT2D eigenvalue weighted by Crippen LogP contribution is 2.40. The molecular formula is C26H27ClN2O8S. The number of nitrogens with zero attached hydrogens (tertiary/aromatic N) is 1. The number of aliphatic carboxylic acids is 1. The van der Waals surface area contributed by atoms with E-state index in [2.05, 4.69) is 5.32 Å². The summed E-state index contributed by atoms with van der Waals surface area (Å²) in [7, 11) is 0. The van der Waals surface area contributed by atoms with E-state index in [1.165, 1.54) is 24.8 Å². The number of esters is 1. The summed E-state index contributed by atoms with van der Waals surface area (Å²) in [4.78, 5) is 49.7. The number of hydrogen-bond acceptors (Lipinski definition) is 8. The molecule has 0 aliphatic carbocycles. The predicted octanol–water partition coefficient (Wildman–Crippen LogP) is 3.86. The van der Waals surface area contributed by atoms with Crippen LogP contribution in [0.15, 0.2) is 40.0 Å². The molecule has 12 heteroatoms. The smallest absolute Gasteiger partial charge is 0.352 e. The normalized spacial score (nSPS) is 18.7. The summed E-state index contributed by atoms with van der Waals surface area (Å²) in [5.74, 6) is -1.52. The fourth-order valence-electron chi connectivity index (χ4n) is 4.17. The molecule has 2 amide bonds. The van der Waals surface area contributed by atoms with E-state index >= 15 is 0 Å². The van der Waals surface area contributed by atoms with Gasteiger partial charge in [-0.1, -0.05) is 25.4 Å². The van der Waals surface area contributed by atoms with Crippen LogP contribution >= 0.6 is 23.4 Å². The van der Waals surface area contributed by atoms with E-state index < -0.39 is 35.2 Å². The Morgan fingerprint density at radius 3 is 2.66 bits per heavy atom. The van der Waals surface area contributed by atoms with E-state index in [-0.39, 0.29) is 36.3 Å². The van der Waals surface area contributed by atoms with Gasteiger partial charge in [0.15, 0.2) is 5.76 Å². The maximum absolute atomic E-state index is 12.8. The summed E-state index contributed by atoms with van der Waals surface area (Å²) in [5.41, 5.74) is 1.93. The van der Waals surface area contributed by atoms with Crippen LogP contribution in [0.25, 0.3) is 0 Å². The number of aryl methyl sites for hydroxylation is 1. The van der Waals surface area contributed by atoms with Crippen LogP contribution in [0, 0.1) is 6.92 Å². The molecule has 2 atom stereocenters. The summed E-state index contributed by atoms with van der Waals surface area (Å²) in [5, 5.41) is 12.3. The maximum Gasteiger partial charge on any atom is 0.352 e. The molecular weight excluding hydrogens is 536 g/mol. The number of rotatable bonds is 9. The minimum Gasteiger partial charge on any atom is -0.485 e. The largest absolute Gasteiger partial charge is 0.485 e. The van der Waals surface area contributed by atoms with Gasteiger partial charge in [-0.25, -0.2) is 4.79 Å². The van der Waals surface area contributed by atoms with Crippen LogP contribution < -0.4 is 10.1 Å². The third-order valence-electron chi connectivity index (χ3n) is 6.15. The molecule has 2 aromatic rings. The zero-order valence-corrected chi connectivity index (χ0v) is 22.8. The number of carbonyl (C=O) groups excluding carboxylic acids is 3. The first-order chi connectivity index (χ1) is 18.0. The second-order valence-electron chi connectivity index (χ2n) is 9.25. The Balaban J connectivity index is 1.40. The summed E-state index contributed by atoms with van der Waals surface area (Å²) in [6.07, 6.45) is 0. The van der Waals surface area contributed by atoms with Crippen molar-refractivity contribution in [1.82, 2.24) is 10.2 Å². The monoisotopic (exact) mass is 562 g/mol. The number of thioether (sulfide) groups is 1. The van der Waals surface area contributed by atoms with Gasteiger partial charge in [0.1, 0.15) is 41.8 Å². The standard InChI is InChI=1S/C26H27ClN2O8S/c1-12(2)17-8-18(27)13(3)7-20(17)36-10-16-5-6-19(37-16)23(31)28-21-24(32)29-22(26(33)34)15(9-35-14(4)30)11-38-25(21)29/h5-8,12,21,25H,9-11H2,1-4H3,(H,28,31)(H,33,34)/t21-,25-/m0/s1. The first kappa shape index (κ1) is 27.6. The molecule has 2 N–H and O–H groups in total. The lowest BCUT2D eigenvalue weighted by Gasteiger charge is -2.49. The molecule has 0 saturated carbocycles. The van der Waals surface area contributed by atoms with Crippen molar-refractivity contribution in [2.24, 2.45) is 0 Å². The Hall–Kier alpha value is -3.44. The molecule has 10 nitrogen and oxygen atoms in total. The Labute approximate surface area is 228 Å². The van der Waals surface area contributed by atoms with Crippen molar-refractivity contribution >= 4 is 47.1 Å². The van der Waals surface area contributed by atoms with E-state index in [4.69, 9.17) is 25.5 Å². The number of halogens is 1. The van der Waals surface area contributed by atoms with Crippen LogP contribution in [0.1, 0.15) is 54.1 Å². The second-order valence-corrected chi connectivity index (χ2v) is 10.8. The number of amides is 2. The first-order valence-corrected chi connectivity index (χ1v) is 13.3. The second kappa shape index (κ2) is 11.1. The molecule has 1 fully saturated rings. The van der Waals surface area contributed by atoms with Crippen molar-refractivity contribution in [3.8, 4) is 5.75 Å². The molecule has 0 spiro atoms. The van der Waals surface area contributed by atoms with Crippen LogP contribution in [0.4, 0.5) is 0 Å². The van der Waals surface area contributed by atoms with E-state index in [1.807, 2.05) is 32.9 Å². The lowest BCUT2D eigenvalue weighted by Crippen LogP contribution is -2.70. The molecule has 1 aromatic heterocycles. The average Bonchev–Trinajstić information content (AvgIpc) is 3.34. The molecule has 0 unspecified atom stereocenters. The van der Waals surface area contributed by atoms with Gasteiger partial charge in [0, 0.05) is 23.3 Å². The van der Waals surface area contributed by atoms with Crippen molar-refractivity contribution < 1.29 is 38.2 Å². The lowest BCUT2D eigenvalue weighted by molar-refractivity contribution is -0.149. The predicted molar refractivity (Wildman–Crippen MR) is 139 cm³/mol. The van der Waals surface area contributed by atoms with Crippen molar-refractivity contribution in [3.05, 3.63) is 63.2 Å². The Kier molecular flexibility index (Phi) is 8.08. The lowest BCUT2D eigenvalue weighted by atomic mass is 10.0. The number of hydrogen-bond donors (Lipinski definition) is 2. The SMILES string of the molecule is CC(=O)OCC1=C(C(=O)O)N2C(=O)[C@H](NC(=O)c3ccc(COc4cc(C)c(Cl)cc4C(C)C)o3)[C@@H]2SC1. The minimum atomic E-state index is -1.30. The highest BCUT2D eigenvalue weighted by Gasteiger charge is 2.54. The molecule has 1 aromatic carbocycles. The summed E-state index contributed by atoms with van der Waals surface area (Å²) in [6.45, 7) is 7.04. The van der Waals surface area contributed by atoms with Gasteiger partial charge >= 0.3 is 11.9 Å². The molecule has 2 aliphatic heterocycles. The van der Waals surface area contributed by atoms with E-state index in [1.54, 1.807) is 6.07 Å². The molecule has 4 rings (SSSR count). The van der Waals surface area contributed by atoms with Crippen molar-refractivity contribution in [2.75, 3.05) is 12.4 Å². The van der Waals surface area contributed by atoms with E-state index in [9.17, 15) is 24.3 Å². The highest BCUT2D eigenvalue weighted by molar-refractivity contribution is 8.00. The number of carboxylic acids is 1. The number of β-lactam (4-membered cyclic amide) rings is 1. The quantitative estimate of drug-likeness (QED) is 0.345. The van der Waals surface area contributed by atoms with Gasteiger partial charge < -0.3 is 24.3 Å². The van der Waals surface area contributed by atoms with Gasteiger partial charge in [0.05, 0.1) is 0 Å². The number of benzene rings is 1. The fraction of sp³-hybridized carbons (Fsp3) is 0.385. The molecule has 38 heavy (non-hydrogen) atoms. The number of furan rings is 1. The molecule has 0 bridgehead atoms. The molecule has 202 valence electrons. The van der Waals surface area contributed by atoms with Crippen LogP contribution in [0.3, 0.4) is 0 Å². The van der Waals surface area contributed by atoms with Gasteiger partial charge in [-0.05, 0) is 48.2 Å². The Bertz CT molecular complexity index is 1330. The zero-order chi connectivity index (χ0) is 27.7. The highest BCUT2D eigenvalue weighted by atomic mass is 35.5. The van der Waals surface area contributed by atoms with E-state index in [0.717, 1.165) is 16.0 Å². The zero-order valence-electron chi connectivity index (χ0n) is 21.2. The fourth-order valence-corrected chi connectivity index (χ4v) is 5.67. The van der Waals surface area contributed by atoms with Crippen molar-refractivity contribution in [2.45, 2.75) is 51.6 Å². The molecule has 1 saturated heterocycles. The summed E-state index contributed by atoms with van der Waals surface area (Å²) >= 11 is 7.53. The van der Waals surface area contributed by atoms with Crippen LogP contribution in [0.5, 0.6) is 5.75 Å². The first-order valence-electron chi connectivity index (χ1n) is 11.8.